The average molecular weight is 390 g/mol. The Labute approximate surface area is 156 Å². The number of carbonyl (C=O) groups excluding carboxylic acids is 2. The molecule has 1 aromatic rings. The third-order valence-corrected chi connectivity index (χ3v) is 6.09. The van der Waals surface area contributed by atoms with Gasteiger partial charge >= 0.3 is 5.97 Å². The summed E-state index contributed by atoms with van der Waals surface area (Å²) >= 11 is 13.6. The van der Waals surface area contributed by atoms with Gasteiger partial charge in [0, 0.05) is 11.3 Å². The Morgan fingerprint density at radius 1 is 1.33 bits per heavy atom. The van der Waals surface area contributed by atoms with Crippen LogP contribution in [0.5, 0.6) is 0 Å². The fraction of sp³-hybridized carbons (Fsp3) is 0.529. The SMILES string of the molecule is CCCOC(=O)[C@@H]1CS[C@@H](C(C)C)N1C(=O)c1ccc(Cl)c(Cl)c1. The number of hydrogen-bond donors (Lipinski definition) is 0. The number of amides is 1. The first-order valence-electron chi connectivity index (χ1n) is 7.92. The number of esters is 1. The van der Waals surface area contributed by atoms with Crippen molar-refractivity contribution in [2.24, 2.45) is 5.92 Å². The van der Waals surface area contributed by atoms with Crippen LogP contribution in [-0.4, -0.2) is 40.6 Å². The predicted molar refractivity (Wildman–Crippen MR) is 98.8 cm³/mol. The Kier molecular flexibility index (Phi) is 6.84. The molecule has 1 fully saturated rings. The van der Waals surface area contributed by atoms with Crippen molar-refractivity contribution < 1.29 is 14.3 Å². The Morgan fingerprint density at radius 3 is 2.62 bits per heavy atom. The Balaban J connectivity index is 2.29. The highest BCUT2D eigenvalue weighted by molar-refractivity contribution is 8.00. The summed E-state index contributed by atoms with van der Waals surface area (Å²) in [6.07, 6.45) is 0.750. The number of halogens is 2. The molecule has 1 aliphatic heterocycles. The minimum Gasteiger partial charge on any atom is -0.464 e. The van der Waals surface area contributed by atoms with Gasteiger partial charge in [-0.3, -0.25) is 4.79 Å². The molecule has 0 aliphatic carbocycles. The van der Waals surface area contributed by atoms with Gasteiger partial charge in [-0.25, -0.2) is 4.79 Å². The van der Waals surface area contributed by atoms with Crippen molar-refractivity contribution in [3.8, 4) is 0 Å². The molecule has 7 heteroatoms. The van der Waals surface area contributed by atoms with Crippen LogP contribution in [0.4, 0.5) is 0 Å². The highest BCUT2D eigenvalue weighted by atomic mass is 35.5. The van der Waals surface area contributed by atoms with Gasteiger partial charge in [-0.2, -0.15) is 0 Å². The molecule has 0 N–H and O–H groups in total. The highest BCUT2D eigenvalue weighted by Crippen LogP contribution is 2.36. The van der Waals surface area contributed by atoms with Crippen LogP contribution in [0.15, 0.2) is 18.2 Å². The van der Waals surface area contributed by atoms with E-state index in [1.165, 1.54) is 0 Å². The summed E-state index contributed by atoms with van der Waals surface area (Å²) in [5.74, 6) is 0.181. The number of hydrogen-bond acceptors (Lipinski definition) is 4. The Morgan fingerprint density at radius 2 is 2.04 bits per heavy atom. The molecule has 2 rings (SSSR count). The lowest BCUT2D eigenvalue weighted by Crippen LogP contribution is -2.47. The van der Waals surface area contributed by atoms with Crippen LogP contribution in [0, 0.1) is 5.92 Å². The van der Waals surface area contributed by atoms with Crippen molar-refractivity contribution in [2.45, 2.75) is 38.6 Å². The van der Waals surface area contributed by atoms with E-state index < -0.39 is 6.04 Å². The average Bonchev–Trinajstić information content (AvgIpc) is 2.99. The van der Waals surface area contributed by atoms with E-state index in [1.54, 1.807) is 34.9 Å². The fourth-order valence-corrected chi connectivity index (χ4v) is 4.32. The summed E-state index contributed by atoms with van der Waals surface area (Å²) in [6, 6.07) is 4.19. The second kappa shape index (κ2) is 8.45. The van der Waals surface area contributed by atoms with E-state index in [0.29, 0.717) is 28.0 Å². The molecular formula is C17H21Cl2NO3S. The zero-order chi connectivity index (χ0) is 17.9. The summed E-state index contributed by atoms with van der Waals surface area (Å²) in [5.41, 5.74) is 0.422. The van der Waals surface area contributed by atoms with Crippen LogP contribution in [0.3, 0.4) is 0 Å². The molecule has 0 radical (unpaired) electrons. The minimum atomic E-state index is -0.573. The minimum absolute atomic E-state index is 0.0777. The van der Waals surface area contributed by atoms with E-state index >= 15 is 0 Å². The molecule has 132 valence electrons. The first-order valence-corrected chi connectivity index (χ1v) is 9.73. The molecule has 1 saturated heterocycles. The molecule has 4 nitrogen and oxygen atoms in total. The van der Waals surface area contributed by atoms with E-state index in [2.05, 4.69) is 0 Å². The molecule has 0 unspecified atom stereocenters. The number of thioether (sulfide) groups is 1. The van der Waals surface area contributed by atoms with Gasteiger partial charge in [0.1, 0.15) is 6.04 Å². The largest absolute Gasteiger partial charge is 0.464 e. The third kappa shape index (κ3) is 4.19. The summed E-state index contributed by atoms with van der Waals surface area (Å²) in [6.45, 7) is 6.37. The van der Waals surface area contributed by atoms with Gasteiger partial charge in [-0.15, -0.1) is 11.8 Å². The number of benzene rings is 1. The standard InChI is InChI=1S/C17H21Cl2NO3S/c1-4-7-23-17(22)14-9-24-16(10(2)3)20(14)15(21)11-5-6-12(18)13(19)8-11/h5-6,8,10,14,16H,4,7,9H2,1-3H3/t14-,16-/m0/s1. The smallest absolute Gasteiger partial charge is 0.329 e. The molecular weight excluding hydrogens is 369 g/mol. The van der Waals surface area contributed by atoms with Gasteiger partial charge in [0.25, 0.3) is 5.91 Å². The Hall–Kier alpha value is -0.910. The van der Waals surface area contributed by atoms with Crippen LogP contribution in [0.2, 0.25) is 10.0 Å². The molecule has 0 spiro atoms. The van der Waals surface area contributed by atoms with Crippen LogP contribution >= 0.6 is 35.0 Å². The molecule has 0 aromatic heterocycles. The van der Waals surface area contributed by atoms with Crippen molar-refractivity contribution in [1.82, 2.24) is 4.90 Å². The molecule has 0 bridgehead atoms. The van der Waals surface area contributed by atoms with Crippen molar-refractivity contribution in [3.05, 3.63) is 33.8 Å². The van der Waals surface area contributed by atoms with Crippen molar-refractivity contribution in [1.29, 1.82) is 0 Å². The molecule has 2 atom stereocenters. The van der Waals surface area contributed by atoms with Crippen molar-refractivity contribution >= 4 is 46.8 Å². The lowest BCUT2D eigenvalue weighted by molar-refractivity contribution is -0.148. The third-order valence-electron chi connectivity index (χ3n) is 3.73. The zero-order valence-electron chi connectivity index (χ0n) is 13.9. The van der Waals surface area contributed by atoms with Crippen LogP contribution in [0.1, 0.15) is 37.6 Å². The quantitative estimate of drug-likeness (QED) is 0.696. The Bertz CT molecular complexity index is 624. The normalized spacial score (nSPS) is 20.5. The van der Waals surface area contributed by atoms with Crippen molar-refractivity contribution in [2.75, 3.05) is 12.4 Å². The molecule has 0 saturated carbocycles. The summed E-state index contributed by atoms with van der Waals surface area (Å²) < 4.78 is 5.27. The van der Waals surface area contributed by atoms with Crippen LogP contribution < -0.4 is 0 Å². The first kappa shape index (κ1) is 19.4. The van der Waals surface area contributed by atoms with Crippen molar-refractivity contribution in [3.63, 3.8) is 0 Å². The molecule has 24 heavy (non-hydrogen) atoms. The second-order valence-corrected chi connectivity index (χ2v) is 7.96. The highest BCUT2D eigenvalue weighted by Gasteiger charge is 2.43. The monoisotopic (exact) mass is 389 g/mol. The number of nitrogens with zero attached hydrogens (tertiary/aromatic N) is 1. The molecule has 1 aliphatic rings. The van der Waals surface area contributed by atoms with Gasteiger partial charge in [0.05, 0.1) is 22.0 Å². The maximum absolute atomic E-state index is 13.0. The topological polar surface area (TPSA) is 46.6 Å². The number of ether oxygens (including phenoxy) is 1. The molecule has 1 heterocycles. The summed E-state index contributed by atoms with van der Waals surface area (Å²) in [5, 5.41) is 0.634. The van der Waals surface area contributed by atoms with Crippen LogP contribution in [-0.2, 0) is 9.53 Å². The van der Waals surface area contributed by atoms with E-state index in [9.17, 15) is 9.59 Å². The van der Waals surface area contributed by atoms with Crippen LogP contribution in [0.25, 0.3) is 0 Å². The van der Waals surface area contributed by atoms with E-state index in [-0.39, 0.29) is 23.2 Å². The maximum atomic E-state index is 13.0. The van der Waals surface area contributed by atoms with Gasteiger partial charge < -0.3 is 9.64 Å². The van der Waals surface area contributed by atoms with E-state index in [1.807, 2.05) is 20.8 Å². The second-order valence-electron chi connectivity index (χ2n) is 5.99. The summed E-state index contributed by atoms with van der Waals surface area (Å²) in [7, 11) is 0. The van der Waals surface area contributed by atoms with Gasteiger partial charge in [-0.05, 0) is 30.5 Å². The lowest BCUT2D eigenvalue weighted by atomic mass is 10.1. The predicted octanol–water partition coefficient (Wildman–Crippen LogP) is 4.49. The van der Waals surface area contributed by atoms with Gasteiger partial charge in [0.15, 0.2) is 0 Å². The fourth-order valence-electron chi connectivity index (χ4n) is 2.56. The zero-order valence-corrected chi connectivity index (χ0v) is 16.2. The first-order chi connectivity index (χ1) is 11.4. The van der Waals surface area contributed by atoms with E-state index in [4.69, 9.17) is 27.9 Å². The lowest BCUT2D eigenvalue weighted by Gasteiger charge is -2.30. The number of carbonyl (C=O) groups is 2. The van der Waals surface area contributed by atoms with Gasteiger partial charge in [0.2, 0.25) is 0 Å². The maximum Gasteiger partial charge on any atom is 0.329 e. The molecule has 1 amide bonds. The molecule has 1 aromatic carbocycles. The van der Waals surface area contributed by atoms with Gasteiger partial charge in [-0.1, -0.05) is 44.0 Å². The summed E-state index contributed by atoms with van der Waals surface area (Å²) in [4.78, 5) is 27.0. The van der Waals surface area contributed by atoms with E-state index in [0.717, 1.165) is 6.42 Å². The number of rotatable bonds is 5.